The summed E-state index contributed by atoms with van der Waals surface area (Å²) in [5.41, 5.74) is 2.04. The van der Waals surface area contributed by atoms with Gasteiger partial charge in [0.15, 0.2) is 7.85 Å². The maximum Gasteiger partial charge on any atom is 0.166 e. The van der Waals surface area contributed by atoms with Crippen molar-refractivity contribution in [3.05, 3.63) is 17.8 Å². The second kappa shape index (κ2) is 2.62. The van der Waals surface area contributed by atoms with E-state index in [1.54, 1.807) is 0 Å². The van der Waals surface area contributed by atoms with Crippen molar-refractivity contribution in [1.29, 1.82) is 0 Å². The third-order valence-corrected chi connectivity index (χ3v) is 1.22. The molecule has 2 nitrogen and oxygen atoms in total. The lowest BCUT2D eigenvalue weighted by Crippen LogP contribution is -2.09. The first-order valence-electron chi connectivity index (χ1n) is 3.12. The molecule has 46 valence electrons. The van der Waals surface area contributed by atoms with E-state index in [9.17, 15) is 0 Å². The lowest BCUT2D eigenvalue weighted by Gasteiger charge is -1.92. The minimum absolute atomic E-state index is 0.966. The molecule has 0 atom stereocenters. The predicted molar refractivity (Wildman–Crippen MR) is 39.6 cm³/mol. The molecule has 0 aliphatic rings. The van der Waals surface area contributed by atoms with Crippen LogP contribution >= 0.6 is 0 Å². The fourth-order valence-electron chi connectivity index (χ4n) is 0.615. The Morgan fingerprint density at radius 2 is 2.22 bits per heavy atom. The normalized spacial score (nSPS) is 9.44. The van der Waals surface area contributed by atoms with Crippen LogP contribution in [0.15, 0.2) is 12.1 Å². The van der Waals surface area contributed by atoms with Crippen LogP contribution in [0.3, 0.4) is 0 Å². The van der Waals surface area contributed by atoms with Gasteiger partial charge in [0.2, 0.25) is 0 Å². The van der Waals surface area contributed by atoms with Crippen LogP contribution in [0.5, 0.6) is 0 Å². The number of nitrogens with zero attached hydrogens (tertiary/aromatic N) is 2. The Bertz CT molecular complexity index is 183. The van der Waals surface area contributed by atoms with Gasteiger partial charge in [-0.25, -0.2) is 0 Å². The van der Waals surface area contributed by atoms with Crippen LogP contribution in [-0.4, -0.2) is 18.0 Å². The first kappa shape index (κ1) is 6.27. The van der Waals surface area contributed by atoms with Crippen molar-refractivity contribution >= 4 is 13.4 Å². The first-order chi connectivity index (χ1) is 4.33. The van der Waals surface area contributed by atoms with Crippen LogP contribution in [0.25, 0.3) is 0 Å². The summed E-state index contributed by atoms with van der Waals surface area (Å²) in [6, 6.07) is 3.98. The summed E-state index contributed by atoms with van der Waals surface area (Å²) < 4.78 is 0. The van der Waals surface area contributed by atoms with Crippen molar-refractivity contribution in [3.8, 4) is 0 Å². The second-order valence-electron chi connectivity index (χ2n) is 2.02. The Labute approximate surface area is 55.7 Å². The lowest BCUT2D eigenvalue weighted by molar-refractivity contribution is 0.935. The highest BCUT2D eigenvalue weighted by atomic mass is 15.1. The molecule has 9 heavy (non-hydrogen) atoms. The number of aromatic nitrogens is 2. The summed E-state index contributed by atoms with van der Waals surface area (Å²) in [6.45, 7) is 2.07. The summed E-state index contributed by atoms with van der Waals surface area (Å²) in [5.74, 6) is 0. The largest absolute Gasteiger partial charge is 0.166 e. The van der Waals surface area contributed by atoms with Crippen molar-refractivity contribution in [2.75, 3.05) is 0 Å². The SMILES string of the molecule is Bc1ccc(CC)nn1. The molecular weight excluding hydrogens is 111 g/mol. The molecule has 0 aliphatic carbocycles. The van der Waals surface area contributed by atoms with Gasteiger partial charge >= 0.3 is 0 Å². The van der Waals surface area contributed by atoms with Gasteiger partial charge in [-0.3, -0.25) is 0 Å². The summed E-state index contributed by atoms with van der Waals surface area (Å²) in [7, 11) is 1.94. The average Bonchev–Trinajstić information content (AvgIpc) is 1.90. The Morgan fingerprint density at radius 1 is 1.44 bits per heavy atom. The van der Waals surface area contributed by atoms with Crippen LogP contribution in [0.2, 0.25) is 0 Å². The van der Waals surface area contributed by atoms with Gasteiger partial charge in [-0.05, 0) is 18.6 Å². The van der Waals surface area contributed by atoms with E-state index in [-0.39, 0.29) is 0 Å². The van der Waals surface area contributed by atoms with Gasteiger partial charge in [0, 0.05) is 5.59 Å². The van der Waals surface area contributed by atoms with Gasteiger partial charge in [-0.1, -0.05) is 6.92 Å². The molecule has 1 rings (SSSR count). The summed E-state index contributed by atoms with van der Waals surface area (Å²) in [5, 5.41) is 7.85. The molecule has 0 radical (unpaired) electrons. The van der Waals surface area contributed by atoms with Crippen LogP contribution in [0.1, 0.15) is 12.6 Å². The molecule has 1 heterocycles. The van der Waals surface area contributed by atoms with E-state index in [4.69, 9.17) is 0 Å². The fourth-order valence-corrected chi connectivity index (χ4v) is 0.615. The molecule has 0 amide bonds. The zero-order valence-corrected chi connectivity index (χ0v) is 5.76. The molecule has 0 aromatic carbocycles. The molecule has 1 aromatic rings. The molecule has 3 heteroatoms. The zero-order valence-electron chi connectivity index (χ0n) is 5.76. The maximum absolute atomic E-state index is 3.95. The van der Waals surface area contributed by atoms with E-state index in [1.807, 2.05) is 20.0 Å². The Morgan fingerprint density at radius 3 is 2.67 bits per heavy atom. The smallest absolute Gasteiger partial charge is 0.166 e. The molecule has 0 spiro atoms. The van der Waals surface area contributed by atoms with Crippen LogP contribution in [0, 0.1) is 0 Å². The fraction of sp³-hybridized carbons (Fsp3) is 0.333. The van der Waals surface area contributed by atoms with Crippen molar-refractivity contribution in [3.63, 3.8) is 0 Å². The quantitative estimate of drug-likeness (QED) is 0.458. The number of hydrogen-bond acceptors (Lipinski definition) is 2. The molecule has 1 aromatic heterocycles. The Balaban J connectivity index is 2.88. The minimum Gasteiger partial charge on any atom is -0.166 e. The second-order valence-corrected chi connectivity index (χ2v) is 2.02. The predicted octanol–water partition coefficient (Wildman–Crippen LogP) is -0.703. The van der Waals surface area contributed by atoms with E-state index in [1.165, 1.54) is 0 Å². The van der Waals surface area contributed by atoms with Gasteiger partial charge in [0.25, 0.3) is 0 Å². The number of hydrogen-bond donors (Lipinski definition) is 0. The van der Waals surface area contributed by atoms with Crippen LogP contribution in [0.4, 0.5) is 0 Å². The Kier molecular flexibility index (Phi) is 1.83. The monoisotopic (exact) mass is 120 g/mol. The van der Waals surface area contributed by atoms with E-state index in [0.29, 0.717) is 0 Å². The van der Waals surface area contributed by atoms with E-state index in [0.717, 1.165) is 17.7 Å². The van der Waals surface area contributed by atoms with Crippen molar-refractivity contribution in [1.82, 2.24) is 10.2 Å². The van der Waals surface area contributed by atoms with Crippen molar-refractivity contribution in [2.24, 2.45) is 0 Å². The summed E-state index contributed by atoms with van der Waals surface area (Å²) in [6.07, 6.45) is 0.966. The maximum atomic E-state index is 3.95. The highest BCUT2D eigenvalue weighted by Crippen LogP contribution is 1.87. The molecule has 0 saturated heterocycles. The zero-order chi connectivity index (χ0) is 6.69. The average molecular weight is 120 g/mol. The molecule has 0 aliphatic heterocycles. The molecule has 0 saturated carbocycles. The highest BCUT2D eigenvalue weighted by Gasteiger charge is 1.88. The van der Waals surface area contributed by atoms with Crippen LogP contribution in [-0.2, 0) is 6.42 Å². The van der Waals surface area contributed by atoms with Gasteiger partial charge in [-0.2, -0.15) is 10.2 Å². The number of aryl methyl sites for hydroxylation is 1. The van der Waals surface area contributed by atoms with Crippen molar-refractivity contribution in [2.45, 2.75) is 13.3 Å². The lowest BCUT2D eigenvalue weighted by atomic mass is 10.1. The van der Waals surface area contributed by atoms with Gasteiger partial charge in [0.05, 0.1) is 5.69 Å². The van der Waals surface area contributed by atoms with Gasteiger partial charge in [0.1, 0.15) is 0 Å². The molecule has 0 fully saturated rings. The molecule has 0 unspecified atom stereocenters. The van der Waals surface area contributed by atoms with Gasteiger partial charge < -0.3 is 0 Å². The highest BCUT2D eigenvalue weighted by molar-refractivity contribution is 6.30. The molecule has 0 bridgehead atoms. The molecular formula is C6H9BN2. The molecule has 0 N–H and O–H groups in total. The third kappa shape index (κ3) is 1.52. The Hall–Kier alpha value is -0.855. The summed E-state index contributed by atoms with van der Waals surface area (Å²) >= 11 is 0. The standard InChI is InChI=1S/C6H9BN2/c1-2-5-3-4-6(7)9-8-5/h3-4H,2,7H2,1H3. The minimum atomic E-state index is 0.966. The van der Waals surface area contributed by atoms with Crippen molar-refractivity contribution < 1.29 is 0 Å². The first-order valence-corrected chi connectivity index (χ1v) is 3.12. The summed E-state index contributed by atoms with van der Waals surface area (Å²) in [4.78, 5) is 0. The van der Waals surface area contributed by atoms with E-state index >= 15 is 0 Å². The third-order valence-electron chi connectivity index (χ3n) is 1.22. The van der Waals surface area contributed by atoms with Crippen LogP contribution < -0.4 is 5.59 Å². The van der Waals surface area contributed by atoms with E-state index < -0.39 is 0 Å². The topological polar surface area (TPSA) is 25.8 Å². The van der Waals surface area contributed by atoms with Gasteiger partial charge in [-0.15, -0.1) is 0 Å². The number of rotatable bonds is 1. The van der Waals surface area contributed by atoms with E-state index in [2.05, 4.69) is 17.1 Å².